The highest BCUT2D eigenvalue weighted by Gasteiger charge is 2.19. The van der Waals surface area contributed by atoms with Gasteiger partial charge in [0.2, 0.25) is 0 Å². The van der Waals surface area contributed by atoms with Crippen LogP contribution in [0.3, 0.4) is 0 Å². The molecule has 1 aromatic heterocycles. The predicted octanol–water partition coefficient (Wildman–Crippen LogP) is 5.83. The summed E-state index contributed by atoms with van der Waals surface area (Å²) in [5, 5.41) is 4.13. The lowest BCUT2D eigenvalue weighted by Gasteiger charge is -2.20. The maximum Gasteiger partial charge on any atom is 0.267 e. The number of benzene rings is 2. The van der Waals surface area contributed by atoms with Gasteiger partial charge < -0.3 is 15.0 Å². The van der Waals surface area contributed by atoms with E-state index in [2.05, 4.69) is 5.32 Å². The number of fused-ring (bicyclic) bond motifs is 1. The van der Waals surface area contributed by atoms with E-state index in [9.17, 15) is 9.59 Å². The summed E-state index contributed by atoms with van der Waals surface area (Å²) >= 11 is 7.76. The third kappa shape index (κ3) is 4.30. The van der Waals surface area contributed by atoms with E-state index in [1.54, 1.807) is 31.4 Å². The van der Waals surface area contributed by atoms with Crippen molar-refractivity contribution in [1.29, 1.82) is 0 Å². The Labute approximate surface area is 184 Å². The van der Waals surface area contributed by atoms with Crippen molar-refractivity contribution in [2.45, 2.75) is 25.7 Å². The molecule has 5 nitrogen and oxygen atoms in total. The number of thiophene rings is 1. The van der Waals surface area contributed by atoms with Crippen molar-refractivity contribution in [3.63, 3.8) is 0 Å². The second kappa shape index (κ2) is 9.06. The number of nitrogens with zero attached hydrogens (tertiary/aromatic N) is 1. The molecule has 1 aliphatic heterocycles. The van der Waals surface area contributed by atoms with Gasteiger partial charge in [-0.05, 0) is 55.3 Å². The second-order valence-corrected chi connectivity index (χ2v) is 8.78. The maximum absolute atomic E-state index is 12.8. The number of ether oxygens (including phenoxy) is 1. The van der Waals surface area contributed by atoms with E-state index < -0.39 is 0 Å². The molecule has 1 fully saturated rings. The van der Waals surface area contributed by atoms with Crippen molar-refractivity contribution < 1.29 is 14.3 Å². The van der Waals surface area contributed by atoms with E-state index in [1.165, 1.54) is 24.2 Å². The Hall–Kier alpha value is -2.57. The van der Waals surface area contributed by atoms with E-state index >= 15 is 0 Å². The van der Waals surface area contributed by atoms with Crippen molar-refractivity contribution >= 4 is 50.5 Å². The standard InChI is InChI=1S/C23H23ClN2O3S/c1-29-17-10-11-18-19(14-17)30-21(20(18)24)22(27)25-16-8-6-15(7-9-16)23(28)26-12-4-2-3-5-13-26/h6-11,14H,2-5,12-13H2,1H3,(H,25,27). The molecule has 0 radical (unpaired) electrons. The van der Waals surface area contributed by atoms with Gasteiger partial charge >= 0.3 is 0 Å². The molecule has 30 heavy (non-hydrogen) atoms. The summed E-state index contributed by atoms with van der Waals surface area (Å²) in [6, 6.07) is 12.6. The van der Waals surface area contributed by atoms with Gasteiger partial charge in [-0.25, -0.2) is 0 Å². The van der Waals surface area contributed by atoms with Gasteiger partial charge in [0.1, 0.15) is 10.6 Å². The summed E-state index contributed by atoms with van der Waals surface area (Å²) in [5.74, 6) is 0.500. The number of hydrogen-bond donors (Lipinski definition) is 1. The zero-order valence-electron chi connectivity index (χ0n) is 16.7. The number of rotatable bonds is 4. The van der Waals surface area contributed by atoms with Gasteiger partial charge in [-0.15, -0.1) is 11.3 Å². The molecule has 2 amide bonds. The van der Waals surface area contributed by atoms with Crippen molar-refractivity contribution in [2.24, 2.45) is 0 Å². The van der Waals surface area contributed by atoms with Crippen molar-refractivity contribution in [3.05, 3.63) is 57.9 Å². The first-order valence-corrected chi connectivity index (χ1v) is 11.2. The van der Waals surface area contributed by atoms with E-state index in [0.717, 1.165) is 41.8 Å². The molecule has 156 valence electrons. The van der Waals surface area contributed by atoms with E-state index in [-0.39, 0.29) is 11.8 Å². The molecule has 0 bridgehead atoms. The highest BCUT2D eigenvalue weighted by Crippen LogP contribution is 2.37. The van der Waals surface area contributed by atoms with Crippen LogP contribution in [0.2, 0.25) is 5.02 Å². The smallest absolute Gasteiger partial charge is 0.267 e. The molecule has 2 aromatic carbocycles. The fourth-order valence-corrected chi connectivity index (χ4v) is 5.10. The number of amides is 2. The first-order valence-electron chi connectivity index (χ1n) is 10.0. The van der Waals surface area contributed by atoms with Crippen LogP contribution in [-0.4, -0.2) is 36.9 Å². The summed E-state index contributed by atoms with van der Waals surface area (Å²) in [7, 11) is 1.60. The minimum absolute atomic E-state index is 0.0521. The van der Waals surface area contributed by atoms with E-state index in [1.807, 2.05) is 23.1 Å². The van der Waals surface area contributed by atoms with Gasteiger partial charge in [0.05, 0.1) is 12.1 Å². The molecule has 3 aromatic rings. The topological polar surface area (TPSA) is 58.6 Å². The zero-order chi connectivity index (χ0) is 21.1. The van der Waals surface area contributed by atoms with Gasteiger partial charge in [0, 0.05) is 34.4 Å². The number of carbonyl (C=O) groups is 2. The van der Waals surface area contributed by atoms with Crippen molar-refractivity contribution in [2.75, 3.05) is 25.5 Å². The Morgan fingerprint density at radius 2 is 1.73 bits per heavy atom. The maximum atomic E-state index is 12.8. The van der Waals surface area contributed by atoms with Crippen molar-refractivity contribution in [3.8, 4) is 5.75 Å². The molecule has 1 aliphatic rings. The molecule has 0 unspecified atom stereocenters. The third-order valence-corrected chi connectivity index (χ3v) is 6.98. The normalized spacial score (nSPS) is 14.4. The third-order valence-electron chi connectivity index (χ3n) is 5.33. The van der Waals surface area contributed by atoms with Gasteiger partial charge in [0.25, 0.3) is 11.8 Å². The lowest BCUT2D eigenvalue weighted by atomic mass is 10.1. The highest BCUT2D eigenvalue weighted by molar-refractivity contribution is 7.21. The van der Waals surface area contributed by atoms with Crippen LogP contribution >= 0.6 is 22.9 Å². The number of hydrogen-bond acceptors (Lipinski definition) is 4. The van der Waals surface area contributed by atoms with E-state index in [4.69, 9.17) is 16.3 Å². The number of anilines is 1. The molecule has 0 saturated carbocycles. The first kappa shape index (κ1) is 20.7. The average Bonchev–Trinajstić information content (AvgIpc) is 2.94. The number of likely N-dealkylation sites (tertiary alicyclic amines) is 1. The first-order chi connectivity index (χ1) is 14.6. The average molecular weight is 443 g/mol. The molecule has 4 rings (SSSR count). The molecular formula is C23H23ClN2O3S. The highest BCUT2D eigenvalue weighted by atomic mass is 35.5. The zero-order valence-corrected chi connectivity index (χ0v) is 18.3. The number of methoxy groups -OCH3 is 1. The van der Waals surface area contributed by atoms with Crippen LogP contribution in [0, 0.1) is 0 Å². The van der Waals surface area contributed by atoms with Crippen LogP contribution in [-0.2, 0) is 0 Å². The van der Waals surface area contributed by atoms with Gasteiger partial charge in [0.15, 0.2) is 0 Å². The summed E-state index contributed by atoms with van der Waals surface area (Å²) in [5.41, 5.74) is 1.26. The Morgan fingerprint density at radius 1 is 1.03 bits per heavy atom. The molecule has 0 spiro atoms. The Morgan fingerprint density at radius 3 is 2.40 bits per heavy atom. The quantitative estimate of drug-likeness (QED) is 0.552. The van der Waals surface area contributed by atoms with Gasteiger partial charge in [-0.2, -0.15) is 0 Å². The summed E-state index contributed by atoms with van der Waals surface area (Å²) < 4.78 is 6.13. The summed E-state index contributed by atoms with van der Waals surface area (Å²) in [6.07, 6.45) is 4.48. The Kier molecular flexibility index (Phi) is 6.25. The lowest BCUT2D eigenvalue weighted by molar-refractivity contribution is 0.0761. The Bertz CT molecular complexity index is 1070. The molecule has 0 atom stereocenters. The van der Waals surface area contributed by atoms with Crippen LogP contribution < -0.4 is 10.1 Å². The predicted molar refractivity (Wildman–Crippen MR) is 122 cm³/mol. The minimum Gasteiger partial charge on any atom is -0.497 e. The SMILES string of the molecule is COc1ccc2c(Cl)c(C(=O)Nc3ccc(C(=O)N4CCCCCC4)cc3)sc2c1. The van der Waals surface area contributed by atoms with Crippen LogP contribution in [0.5, 0.6) is 5.75 Å². The van der Waals surface area contributed by atoms with Crippen LogP contribution in [0.25, 0.3) is 10.1 Å². The molecule has 1 saturated heterocycles. The second-order valence-electron chi connectivity index (χ2n) is 7.35. The Balaban J connectivity index is 1.48. The van der Waals surface area contributed by atoms with Crippen LogP contribution in [0.4, 0.5) is 5.69 Å². The largest absolute Gasteiger partial charge is 0.497 e. The molecule has 7 heteroatoms. The number of halogens is 1. The van der Waals surface area contributed by atoms with Crippen molar-refractivity contribution in [1.82, 2.24) is 4.90 Å². The molecular weight excluding hydrogens is 420 g/mol. The lowest BCUT2D eigenvalue weighted by Crippen LogP contribution is -2.31. The van der Waals surface area contributed by atoms with Gasteiger partial charge in [-0.1, -0.05) is 24.4 Å². The summed E-state index contributed by atoms with van der Waals surface area (Å²) in [4.78, 5) is 27.9. The minimum atomic E-state index is -0.272. The van der Waals surface area contributed by atoms with E-state index in [0.29, 0.717) is 21.2 Å². The fraction of sp³-hybridized carbons (Fsp3) is 0.304. The summed E-state index contributed by atoms with van der Waals surface area (Å²) in [6.45, 7) is 1.62. The monoisotopic (exact) mass is 442 g/mol. The number of carbonyl (C=O) groups excluding carboxylic acids is 2. The number of nitrogens with one attached hydrogen (secondary N) is 1. The molecule has 0 aliphatic carbocycles. The molecule has 2 heterocycles. The van der Waals surface area contributed by atoms with Crippen LogP contribution in [0.15, 0.2) is 42.5 Å². The van der Waals surface area contributed by atoms with Crippen LogP contribution in [0.1, 0.15) is 45.7 Å². The molecule has 1 N–H and O–H groups in total. The van der Waals surface area contributed by atoms with Gasteiger partial charge in [-0.3, -0.25) is 9.59 Å². The fourth-order valence-electron chi connectivity index (χ4n) is 3.66.